The summed E-state index contributed by atoms with van der Waals surface area (Å²) in [6.07, 6.45) is 1.15. The first kappa shape index (κ1) is 30.8. The lowest BCUT2D eigenvalue weighted by atomic mass is 9.56. The Kier molecular flexibility index (Phi) is 7.48. The van der Waals surface area contributed by atoms with E-state index in [1.165, 1.54) is 25.3 Å². The minimum Gasteiger partial charge on any atom is -0.504 e. The van der Waals surface area contributed by atoms with Gasteiger partial charge in [0, 0.05) is 12.5 Å². The van der Waals surface area contributed by atoms with Gasteiger partial charge >= 0.3 is 5.97 Å². The van der Waals surface area contributed by atoms with Crippen LogP contribution in [0.15, 0.2) is 48.0 Å². The zero-order valence-electron chi connectivity index (χ0n) is 22.9. The molecule has 2 aromatic carbocycles. The quantitative estimate of drug-likeness (QED) is 0.194. The minimum atomic E-state index is -2.14. The Morgan fingerprint density at radius 2 is 1.77 bits per heavy atom. The number of nitrogens with zero attached hydrogens (tertiary/aromatic N) is 2. The number of halogens is 4. The van der Waals surface area contributed by atoms with Crippen molar-refractivity contribution in [1.29, 1.82) is 0 Å². The number of allylic oxidation sites excluding steroid dienone is 2. The summed E-state index contributed by atoms with van der Waals surface area (Å²) in [5, 5.41) is 19.7. The molecule has 1 saturated carbocycles. The molecule has 0 radical (unpaired) electrons. The lowest BCUT2D eigenvalue weighted by Gasteiger charge is -2.50. The second kappa shape index (κ2) is 10.7. The van der Waals surface area contributed by atoms with E-state index in [-0.39, 0.29) is 36.6 Å². The smallest absolute Gasteiger partial charge is 0.305 e. The van der Waals surface area contributed by atoms with Crippen LogP contribution in [0.1, 0.15) is 30.7 Å². The van der Waals surface area contributed by atoms with E-state index in [1.54, 1.807) is 12.1 Å². The number of imide groups is 2. The third-order valence-electron chi connectivity index (χ3n) is 9.14. The zero-order chi connectivity index (χ0) is 31.9. The normalized spacial score (nSPS) is 31.1. The molecule has 2 aromatic rings. The number of anilines is 1. The number of carboxylic acids is 1. The number of aromatic hydroxyl groups is 1. The van der Waals surface area contributed by atoms with Gasteiger partial charge in [-0.2, -0.15) is 0 Å². The standard InChI is InChI=1S/C30H24Cl2FIN2O8/c1-44-20-11-13(10-19(34)24(20)39)23-16-6-7-17-22(26(41)35(25(17)40)9-8-21(37)38)18(16)12-29(31)27(42)36(28(43)30(23,29)32)15-4-2-14(33)3-5-15/h2-6,10-11,17-18,22-23,39H,7-9,12H2,1H3,(H,37,38)/t17-,18+,22-,23-,29+,30-/m0/s1. The van der Waals surface area contributed by atoms with E-state index in [1.807, 2.05) is 22.6 Å². The number of ether oxygens (including phenoxy) is 1. The maximum Gasteiger partial charge on any atom is 0.305 e. The summed E-state index contributed by atoms with van der Waals surface area (Å²) >= 11 is 16.5. The number of phenolic OH excluding ortho intramolecular Hbond substituents is 1. The molecule has 2 N–H and O–H groups in total. The topological polar surface area (TPSA) is 142 Å². The molecular weight excluding hydrogens is 733 g/mol. The average molecular weight is 757 g/mol. The van der Waals surface area contributed by atoms with E-state index in [9.17, 15) is 38.6 Å². The maximum atomic E-state index is 14.4. The summed E-state index contributed by atoms with van der Waals surface area (Å²) < 4.78 is 19.5. The summed E-state index contributed by atoms with van der Waals surface area (Å²) in [4.78, 5) is 64.4. The van der Waals surface area contributed by atoms with Crippen molar-refractivity contribution in [2.75, 3.05) is 18.6 Å². The van der Waals surface area contributed by atoms with Crippen LogP contribution >= 0.6 is 45.8 Å². The Labute approximate surface area is 273 Å². The molecule has 0 aromatic heterocycles. The highest BCUT2D eigenvalue weighted by molar-refractivity contribution is 14.1. The predicted octanol–water partition coefficient (Wildman–Crippen LogP) is 4.18. The van der Waals surface area contributed by atoms with E-state index >= 15 is 0 Å². The Morgan fingerprint density at radius 1 is 1.09 bits per heavy atom. The van der Waals surface area contributed by atoms with Gasteiger partial charge in [0.15, 0.2) is 21.2 Å². The lowest BCUT2D eigenvalue weighted by Crippen LogP contribution is -2.60. The number of carbonyl (C=O) groups is 5. The number of benzene rings is 2. The number of likely N-dealkylation sites (tertiary alicyclic amines) is 1. The van der Waals surface area contributed by atoms with Crippen LogP contribution in [0, 0.1) is 27.1 Å². The van der Waals surface area contributed by atoms with Crippen LogP contribution in [-0.4, -0.2) is 68.1 Å². The number of amides is 4. The fourth-order valence-corrected chi connectivity index (χ4v) is 8.74. The first-order chi connectivity index (χ1) is 20.8. The van der Waals surface area contributed by atoms with Crippen molar-refractivity contribution in [1.82, 2.24) is 4.90 Å². The molecule has 6 atom stereocenters. The third kappa shape index (κ3) is 4.20. The number of carboxylic acid groups (broad SMARTS) is 1. The van der Waals surface area contributed by atoms with Gasteiger partial charge in [0.2, 0.25) is 11.8 Å². The van der Waals surface area contributed by atoms with Crippen LogP contribution in [0.2, 0.25) is 0 Å². The Balaban J connectivity index is 1.54. The Bertz CT molecular complexity index is 1690. The number of hydrogen-bond acceptors (Lipinski definition) is 7. The van der Waals surface area contributed by atoms with Crippen molar-refractivity contribution in [3.8, 4) is 11.5 Å². The number of hydrogen-bond donors (Lipinski definition) is 2. The Morgan fingerprint density at radius 3 is 2.41 bits per heavy atom. The number of carbonyl (C=O) groups excluding carboxylic acids is 4. The van der Waals surface area contributed by atoms with Crippen LogP contribution in [-0.2, 0) is 24.0 Å². The summed E-state index contributed by atoms with van der Waals surface area (Å²) in [6, 6.07) is 7.76. The molecular formula is C30H24Cl2FIN2O8. The van der Waals surface area contributed by atoms with E-state index in [0.29, 0.717) is 14.7 Å². The highest BCUT2D eigenvalue weighted by Crippen LogP contribution is 2.66. The van der Waals surface area contributed by atoms with Crippen molar-refractivity contribution in [2.45, 2.75) is 34.9 Å². The average Bonchev–Trinajstić information content (AvgIpc) is 3.31. The number of alkyl halides is 2. The van der Waals surface area contributed by atoms with Crippen molar-refractivity contribution in [2.24, 2.45) is 17.8 Å². The monoisotopic (exact) mass is 756 g/mol. The van der Waals surface area contributed by atoms with Gasteiger partial charge in [-0.3, -0.25) is 28.9 Å². The van der Waals surface area contributed by atoms with Crippen LogP contribution in [0.4, 0.5) is 10.1 Å². The second-order valence-corrected chi connectivity index (χ2v) is 13.7. The van der Waals surface area contributed by atoms with Gasteiger partial charge in [0.05, 0.1) is 34.6 Å². The van der Waals surface area contributed by atoms with Crippen molar-refractivity contribution in [3.63, 3.8) is 0 Å². The molecule has 10 nitrogen and oxygen atoms in total. The van der Waals surface area contributed by atoms with E-state index in [0.717, 1.165) is 21.9 Å². The first-order valence-corrected chi connectivity index (χ1v) is 15.5. The van der Waals surface area contributed by atoms with Crippen LogP contribution < -0.4 is 9.64 Å². The molecule has 14 heteroatoms. The van der Waals surface area contributed by atoms with Crippen LogP contribution in [0.25, 0.3) is 0 Å². The summed E-state index contributed by atoms with van der Waals surface area (Å²) in [5.74, 6) is -8.39. The molecule has 4 amide bonds. The first-order valence-electron chi connectivity index (χ1n) is 13.6. The van der Waals surface area contributed by atoms with Crippen molar-refractivity contribution >= 4 is 81.1 Å². The predicted molar refractivity (Wildman–Crippen MR) is 163 cm³/mol. The summed E-state index contributed by atoms with van der Waals surface area (Å²) in [6.45, 7) is -0.305. The largest absolute Gasteiger partial charge is 0.504 e. The van der Waals surface area contributed by atoms with Crippen molar-refractivity contribution in [3.05, 3.63) is 63.0 Å². The molecule has 230 valence electrons. The molecule has 4 aliphatic rings. The molecule has 0 spiro atoms. The highest BCUT2D eigenvalue weighted by atomic mass is 127. The maximum absolute atomic E-state index is 14.4. The molecule has 2 aliphatic carbocycles. The molecule has 6 rings (SSSR count). The van der Waals surface area contributed by atoms with Gasteiger partial charge in [-0.15, -0.1) is 23.2 Å². The van der Waals surface area contributed by atoms with Gasteiger partial charge in [-0.1, -0.05) is 11.6 Å². The highest BCUT2D eigenvalue weighted by Gasteiger charge is 2.76. The molecule has 2 saturated heterocycles. The summed E-state index contributed by atoms with van der Waals surface area (Å²) in [7, 11) is 1.35. The number of methoxy groups -OCH3 is 1. The van der Waals surface area contributed by atoms with Crippen LogP contribution in [0.3, 0.4) is 0 Å². The fraction of sp³-hybridized carbons (Fsp3) is 0.367. The molecule has 0 bridgehead atoms. The SMILES string of the molecule is COc1cc([C@H]2C3=CC[C@@H]4C(=O)N(CCC(=O)O)C(=O)[C@@H]4[C@@H]3C[C@@]3(Cl)C(=O)N(c4ccc(F)cc4)C(=O)[C@@]23Cl)cc(I)c1O. The van der Waals surface area contributed by atoms with Crippen LogP contribution in [0.5, 0.6) is 11.5 Å². The van der Waals surface area contributed by atoms with Gasteiger partial charge < -0.3 is 14.9 Å². The fourth-order valence-electron chi connectivity index (χ4n) is 7.18. The van der Waals surface area contributed by atoms with E-state index in [4.69, 9.17) is 27.9 Å². The van der Waals surface area contributed by atoms with Gasteiger partial charge in [-0.05, 0) is 83.3 Å². The minimum absolute atomic E-state index is 0.0502. The Hall–Kier alpha value is -3.23. The lowest BCUT2D eigenvalue weighted by molar-refractivity contribution is -0.142. The van der Waals surface area contributed by atoms with Gasteiger partial charge in [-0.25, -0.2) is 9.29 Å². The number of fused-ring (bicyclic) bond motifs is 4. The second-order valence-electron chi connectivity index (χ2n) is 11.3. The number of phenols is 1. The molecule has 44 heavy (non-hydrogen) atoms. The molecule has 2 heterocycles. The molecule has 3 fully saturated rings. The van der Waals surface area contributed by atoms with Gasteiger partial charge in [0.25, 0.3) is 11.8 Å². The van der Waals surface area contributed by atoms with Gasteiger partial charge in [0.1, 0.15) is 5.82 Å². The van der Waals surface area contributed by atoms with Crippen molar-refractivity contribution < 1.29 is 43.3 Å². The summed E-state index contributed by atoms with van der Waals surface area (Å²) in [5.41, 5.74) is 0.943. The number of aliphatic carboxylic acids is 1. The zero-order valence-corrected chi connectivity index (χ0v) is 26.6. The van der Waals surface area contributed by atoms with E-state index in [2.05, 4.69) is 0 Å². The third-order valence-corrected chi connectivity index (χ3v) is 11.4. The molecule has 2 aliphatic heterocycles. The van der Waals surface area contributed by atoms with E-state index < -0.39 is 75.3 Å². The number of rotatable bonds is 6. The molecule has 0 unspecified atom stereocenters.